The Morgan fingerprint density at radius 2 is 1.95 bits per heavy atom. The number of carbonyl (C=O) groups excluding carboxylic acids is 2. The van der Waals surface area contributed by atoms with Crippen LogP contribution in [0.25, 0.3) is 0 Å². The summed E-state index contributed by atoms with van der Waals surface area (Å²) in [4.78, 5) is 23.1. The first kappa shape index (κ1) is 16.9. The van der Waals surface area contributed by atoms with E-state index in [0.29, 0.717) is 30.9 Å². The summed E-state index contributed by atoms with van der Waals surface area (Å²) in [5.74, 6) is 0.131. The number of hydrogen-bond donors (Lipinski definition) is 1. The number of ether oxygens (including phenoxy) is 2. The van der Waals surface area contributed by atoms with E-state index in [2.05, 4.69) is 5.32 Å². The van der Waals surface area contributed by atoms with Gasteiger partial charge >= 0.3 is 5.97 Å². The number of carbonyl (C=O) groups is 2. The molecule has 0 spiro atoms. The number of nitrogens with one attached hydrogen (secondary N) is 1. The summed E-state index contributed by atoms with van der Waals surface area (Å²) in [6.07, 6.45) is 1.83. The maximum Gasteiger partial charge on any atom is 0.334 e. The third-order valence-corrected chi connectivity index (χ3v) is 2.76. The van der Waals surface area contributed by atoms with E-state index in [9.17, 15) is 9.59 Å². The lowest BCUT2D eigenvalue weighted by Gasteiger charge is -2.07. The molecule has 0 radical (unpaired) electrons. The van der Waals surface area contributed by atoms with Crippen molar-refractivity contribution in [1.82, 2.24) is 5.32 Å². The van der Waals surface area contributed by atoms with Crippen molar-refractivity contribution in [3.63, 3.8) is 0 Å². The third kappa shape index (κ3) is 6.72. The van der Waals surface area contributed by atoms with Gasteiger partial charge in [0.05, 0.1) is 26.3 Å². The molecule has 0 saturated carbocycles. The molecule has 0 bridgehead atoms. The van der Waals surface area contributed by atoms with Crippen LogP contribution in [0.1, 0.15) is 23.7 Å². The second kappa shape index (κ2) is 9.72. The minimum atomic E-state index is -0.422. The van der Waals surface area contributed by atoms with Gasteiger partial charge in [-0.3, -0.25) is 4.79 Å². The standard InChI is InChI=1S/C16H21NO4/c1-3-21-16(19)11-14(20-2)9-10-17-12-15(18)13-7-5-4-6-8-13/h4-8,11,17H,3,9-10,12H2,1-2H3. The van der Waals surface area contributed by atoms with Crippen molar-refractivity contribution < 1.29 is 19.1 Å². The largest absolute Gasteiger partial charge is 0.501 e. The third-order valence-electron chi connectivity index (χ3n) is 2.76. The quantitative estimate of drug-likeness (QED) is 0.248. The maximum atomic E-state index is 11.8. The number of hydrogen-bond acceptors (Lipinski definition) is 5. The van der Waals surface area contributed by atoms with Crippen LogP contribution in [0.5, 0.6) is 0 Å². The van der Waals surface area contributed by atoms with Crippen molar-refractivity contribution in [1.29, 1.82) is 0 Å². The van der Waals surface area contributed by atoms with Crippen molar-refractivity contribution in [2.45, 2.75) is 13.3 Å². The number of rotatable bonds is 9. The first-order valence-corrected chi connectivity index (χ1v) is 6.87. The fourth-order valence-electron chi connectivity index (χ4n) is 1.69. The molecule has 1 aromatic rings. The van der Waals surface area contributed by atoms with Gasteiger partial charge in [-0.1, -0.05) is 30.3 Å². The first-order chi connectivity index (χ1) is 10.2. The molecule has 0 saturated heterocycles. The maximum absolute atomic E-state index is 11.8. The van der Waals surface area contributed by atoms with Gasteiger partial charge in [0.1, 0.15) is 5.76 Å². The molecule has 1 N–H and O–H groups in total. The number of methoxy groups -OCH3 is 1. The fraction of sp³-hybridized carbons (Fsp3) is 0.375. The molecule has 0 atom stereocenters. The van der Waals surface area contributed by atoms with Crippen LogP contribution in [0.2, 0.25) is 0 Å². The zero-order valence-electron chi connectivity index (χ0n) is 12.4. The lowest BCUT2D eigenvalue weighted by molar-refractivity contribution is -0.137. The zero-order chi connectivity index (χ0) is 15.5. The monoisotopic (exact) mass is 291 g/mol. The Labute approximate surface area is 124 Å². The van der Waals surface area contributed by atoms with E-state index in [1.54, 1.807) is 19.1 Å². The smallest absolute Gasteiger partial charge is 0.334 e. The Morgan fingerprint density at radius 3 is 2.57 bits per heavy atom. The highest BCUT2D eigenvalue weighted by Crippen LogP contribution is 2.02. The molecule has 114 valence electrons. The minimum Gasteiger partial charge on any atom is -0.501 e. The van der Waals surface area contributed by atoms with Gasteiger partial charge in [0.25, 0.3) is 0 Å². The van der Waals surface area contributed by atoms with E-state index in [4.69, 9.17) is 9.47 Å². The highest BCUT2D eigenvalue weighted by atomic mass is 16.5. The molecule has 0 unspecified atom stereocenters. The molecule has 0 heterocycles. The Bertz CT molecular complexity index is 482. The Hall–Kier alpha value is -2.14. The van der Waals surface area contributed by atoms with E-state index in [1.165, 1.54) is 13.2 Å². The summed E-state index contributed by atoms with van der Waals surface area (Å²) >= 11 is 0. The molecule has 0 aliphatic carbocycles. The molecule has 1 aromatic carbocycles. The van der Waals surface area contributed by atoms with Crippen molar-refractivity contribution >= 4 is 11.8 Å². The normalized spacial score (nSPS) is 11.0. The molecule has 0 aliphatic rings. The SMILES string of the molecule is CCOC(=O)C=C(CCNCC(=O)c1ccccc1)OC. The van der Waals surface area contributed by atoms with Gasteiger partial charge in [0.2, 0.25) is 0 Å². The lowest BCUT2D eigenvalue weighted by Crippen LogP contribution is -2.24. The average Bonchev–Trinajstić information content (AvgIpc) is 2.51. The van der Waals surface area contributed by atoms with Crippen LogP contribution in [0.3, 0.4) is 0 Å². The summed E-state index contributed by atoms with van der Waals surface area (Å²) in [7, 11) is 1.50. The van der Waals surface area contributed by atoms with E-state index in [0.717, 1.165) is 0 Å². The molecule has 21 heavy (non-hydrogen) atoms. The van der Waals surface area contributed by atoms with Crippen LogP contribution in [-0.2, 0) is 14.3 Å². The van der Waals surface area contributed by atoms with Crippen molar-refractivity contribution in [2.24, 2.45) is 0 Å². The predicted octanol–water partition coefficient (Wildman–Crippen LogP) is 1.94. The molecule has 0 aliphatic heterocycles. The van der Waals surface area contributed by atoms with E-state index < -0.39 is 5.97 Å². The van der Waals surface area contributed by atoms with Crippen LogP contribution < -0.4 is 5.32 Å². The lowest BCUT2D eigenvalue weighted by atomic mass is 10.1. The highest BCUT2D eigenvalue weighted by Gasteiger charge is 2.06. The van der Waals surface area contributed by atoms with Crippen LogP contribution >= 0.6 is 0 Å². The molecule has 0 fully saturated rings. The minimum absolute atomic E-state index is 0.0314. The second-order valence-electron chi connectivity index (χ2n) is 4.28. The summed E-state index contributed by atoms with van der Waals surface area (Å²) in [6.45, 7) is 2.86. The van der Waals surface area contributed by atoms with Gasteiger partial charge in [-0.15, -0.1) is 0 Å². The van der Waals surface area contributed by atoms with Crippen molar-refractivity contribution in [2.75, 3.05) is 26.8 Å². The van der Waals surface area contributed by atoms with Crippen molar-refractivity contribution in [3.05, 3.63) is 47.7 Å². The summed E-state index contributed by atoms with van der Waals surface area (Å²) in [5.41, 5.74) is 0.680. The molecular formula is C16H21NO4. The van der Waals surface area contributed by atoms with Crippen LogP contribution in [0.15, 0.2) is 42.2 Å². The number of ketones is 1. The summed E-state index contributed by atoms with van der Waals surface area (Å²) in [5, 5.41) is 3.03. The first-order valence-electron chi connectivity index (χ1n) is 6.87. The van der Waals surface area contributed by atoms with E-state index >= 15 is 0 Å². The van der Waals surface area contributed by atoms with Gasteiger partial charge < -0.3 is 14.8 Å². The van der Waals surface area contributed by atoms with Crippen LogP contribution in [-0.4, -0.2) is 38.6 Å². The van der Waals surface area contributed by atoms with E-state index in [-0.39, 0.29) is 12.3 Å². The molecule has 1 rings (SSSR count). The number of benzene rings is 1. The van der Waals surface area contributed by atoms with E-state index in [1.807, 2.05) is 18.2 Å². The number of Topliss-reactive ketones (excluding diaryl/α,β-unsaturated/α-hetero) is 1. The van der Waals surface area contributed by atoms with Crippen molar-refractivity contribution in [3.8, 4) is 0 Å². The predicted molar refractivity (Wildman–Crippen MR) is 80.0 cm³/mol. The fourth-order valence-corrected chi connectivity index (χ4v) is 1.69. The molecule has 0 amide bonds. The van der Waals surface area contributed by atoms with Gasteiger partial charge in [0, 0.05) is 18.5 Å². The van der Waals surface area contributed by atoms with Gasteiger partial charge in [0.15, 0.2) is 5.78 Å². The zero-order valence-corrected chi connectivity index (χ0v) is 12.4. The van der Waals surface area contributed by atoms with Gasteiger partial charge in [-0.2, -0.15) is 0 Å². The van der Waals surface area contributed by atoms with Crippen LogP contribution in [0.4, 0.5) is 0 Å². The van der Waals surface area contributed by atoms with Gasteiger partial charge in [-0.05, 0) is 6.92 Å². The topological polar surface area (TPSA) is 64.6 Å². The Kier molecular flexibility index (Phi) is 7.82. The molecular weight excluding hydrogens is 270 g/mol. The highest BCUT2D eigenvalue weighted by molar-refractivity contribution is 5.97. The summed E-state index contributed by atoms with van der Waals surface area (Å²) in [6, 6.07) is 9.10. The van der Waals surface area contributed by atoms with Gasteiger partial charge in [-0.25, -0.2) is 4.79 Å². The Balaban J connectivity index is 2.32. The average molecular weight is 291 g/mol. The summed E-state index contributed by atoms with van der Waals surface area (Å²) < 4.78 is 9.90. The Morgan fingerprint density at radius 1 is 1.24 bits per heavy atom. The molecule has 5 nitrogen and oxygen atoms in total. The number of esters is 1. The second-order valence-corrected chi connectivity index (χ2v) is 4.28. The van der Waals surface area contributed by atoms with Crippen LogP contribution in [0, 0.1) is 0 Å². The molecule has 0 aromatic heterocycles. The molecule has 5 heteroatoms.